The largest absolute Gasteiger partial charge is 0.496 e. The number of H-pyrrole nitrogens is 1. The van der Waals surface area contributed by atoms with Gasteiger partial charge in [-0.15, -0.1) is 0 Å². The number of rotatable bonds is 4. The zero-order valence-electron chi connectivity index (χ0n) is 17.3. The molecule has 4 nitrogen and oxygen atoms in total. The molecule has 27 heavy (non-hydrogen) atoms. The highest BCUT2D eigenvalue weighted by Gasteiger charge is 2.59. The molecule has 1 aromatic carbocycles. The molecule has 2 heterocycles. The second kappa shape index (κ2) is 6.29. The second-order valence-electron chi connectivity index (χ2n) is 9.33. The lowest BCUT2D eigenvalue weighted by atomic mass is 9.62. The van der Waals surface area contributed by atoms with Gasteiger partial charge in [-0.2, -0.15) is 0 Å². The number of nitrogens with one attached hydrogen (secondary N) is 1. The van der Waals surface area contributed by atoms with E-state index < -0.39 is 0 Å². The highest BCUT2D eigenvalue weighted by atomic mass is 16.5. The molecule has 1 amide bonds. The Hall–Kier alpha value is -1.97. The Labute approximate surface area is 162 Å². The quantitative estimate of drug-likeness (QED) is 0.802. The van der Waals surface area contributed by atoms with E-state index in [2.05, 4.69) is 37.6 Å². The molecule has 146 valence electrons. The van der Waals surface area contributed by atoms with Crippen molar-refractivity contribution in [1.29, 1.82) is 0 Å². The number of nitrogens with zero attached hydrogens (tertiary/aromatic N) is 1. The molecule has 2 aliphatic rings. The number of aromatic nitrogens is 1. The van der Waals surface area contributed by atoms with Crippen molar-refractivity contribution in [3.8, 4) is 5.75 Å². The SMILES string of the molecule is COc1cccc2[nH]c(C(=O)N3CC4(CCC4)CC3(C(C)C)C(C)C)cc12. The number of benzene rings is 1. The van der Waals surface area contributed by atoms with Gasteiger partial charge < -0.3 is 14.6 Å². The van der Waals surface area contributed by atoms with E-state index in [9.17, 15) is 4.79 Å². The first kappa shape index (κ1) is 18.4. The molecule has 1 N–H and O–H groups in total. The Kier molecular flexibility index (Phi) is 4.28. The highest BCUT2D eigenvalue weighted by Crippen LogP contribution is 2.58. The van der Waals surface area contributed by atoms with Crippen molar-refractivity contribution in [2.45, 2.75) is 58.9 Å². The molecular formula is C23H32N2O2. The first-order chi connectivity index (χ1) is 12.8. The lowest BCUT2D eigenvalue weighted by Crippen LogP contribution is -2.54. The topological polar surface area (TPSA) is 45.3 Å². The summed E-state index contributed by atoms with van der Waals surface area (Å²) in [5.74, 6) is 1.80. The molecule has 0 radical (unpaired) electrons. The summed E-state index contributed by atoms with van der Waals surface area (Å²) >= 11 is 0. The van der Waals surface area contributed by atoms with Crippen LogP contribution in [0, 0.1) is 17.3 Å². The van der Waals surface area contributed by atoms with Gasteiger partial charge in [0, 0.05) is 23.0 Å². The molecule has 1 aliphatic carbocycles. The van der Waals surface area contributed by atoms with Gasteiger partial charge in [-0.25, -0.2) is 0 Å². The molecule has 2 fully saturated rings. The summed E-state index contributed by atoms with van der Waals surface area (Å²) in [7, 11) is 1.67. The van der Waals surface area contributed by atoms with Crippen LogP contribution in [0.4, 0.5) is 0 Å². The number of aromatic amines is 1. The number of carbonyl (C=O) groups excluding carboxylic acids is 1. The first-order valence-corrected chi connectivity index (χ1v) is 10.3. The van der Waals surface area contributed by atoms with E-state index in [4.69, 9.17) is 4.74 Å². The number of methoxy groups -OCH3 is 1. The molecule has 1 saturated heterocycles. The van der Waals surface area contributed by atoms with Crippen LogP contribution in [0.2, 0.25) is 0 Å². The maximum Gasteiger partial charge on any atom is 0.270 e. The van der Waals surface area contributed by atoms with Crippen LogP contribution in [0.3, 0.4) is 0 Å². The van der Waals surface area contributed by atoms with Gasteiger partial charge in [-0.3, -0.25) is 4.79 Å². The zero-order valence-corrected chi connectivity index (χ0v) is 17.3. The Bertz CT molecular complexity index is 852. The van der Waals surface area contributed by atoms with Crippen molar-refractivity contribution in [3.63, 3.8) is 0 Å². The number of likely N-dealkylation sites (tertiary alicyclic amines) is 1. The fourth-order valence-corrected chi connectivity index (χ4v) is 5.77. The third kappa shape index (κ3) is 2.60. The average Bonchev–Trinajstić information content (AvgIpc) is 3.20. The minimum absolute atomic E-state index is 0.0706. The van der Waals surface area contributed by atoms with Gasteiger partial charge in [0.05, 0.1) is 7.11 Å². The number of hydrogen-bond acceptors (Lipinski definition) is 2. The predicted octanol–water partition coefficient (Wildman–Crippen LogP) is 5.24. The maximum absolute atomic E-state index is 13.7. The summed E-state index contributed by atoms with van der Waals surface area (Å²) in [5, 5.41) is 0.973. The van der Waals surface area contributed by atoms with E-state index in [1.165, 1.54) is 19.3 Å². The molecule has 2 aromatic rings. The Morgan fingerprint density at radius 1 is 1.19 bits per heavy atom. The van der Waals surface area contributed by atoms with Crippen LogP contribution in [-0.2, 0) is 0 Å². The van der Waals surface area contributed by atoms with Crippen LogP contribution in [-0.4, -0.2) is 35.0 Å². The fourth-order valence-electron chi connectivity index (χ4n) is 5.77. The van der Waals surface area contributed by atoms with Crippen molar-refractivity contribution >= 4 is 16.8 Å². The van der Waals surface area contributed by atoms with Crippen molar-refractivity contribution in [1.82, 2.24) is 9.88 Å². The third-order valence-electron chi connectivity index (χ3n) is 7.39. The summed E-state index contributed by atoms with van der Waals surface area (Å²) in [6, 6.07) is 7.87. The van der Waals surface area contributed by atoms with Crippen molar-refractivity contribution in [2.75, 3.05) is 13.7 Å². The smallest absolute Gasteiger partial charge is 0.270 e. The van der Waals surface area contributed by atoms with E-state index in [0.717, 1.165) is 29.6 Å². The number of hydrogen-bond donors (Lipinski definition) is 1. The Balaban J connectivity index is 1.77. The van der Waals surface area contributed by atoms with Crippen molar-refractivity contribution < 1.29 is 9.53 Å². The number of amides is 1. The molecule has 0 bridgehead atoms. The molecule has 0 unspecified atom stereocenters. The van der Waals surface area contributed by atoms with Crippen LogP contribution < -0.4 is 4.74 Å². The average molecular weight is 369 g/mol. The molecule has 1 aliphatic heterocycles. The summed E-state index contributed by atoms with van der Waals surface area (Å²) in [6.07, 6.45) is 4.97. The maximum atomic E-state index is 13.7. The first-order valence-electron chi connectivity index (χ1n) is 10.3. The fraction of sp³-hybridized carbons (Fsp3) is 0.609. The summed E-state index contributed by atoms with van der Waals surface area (Å²) < 4.78 is 5.48. The van der Waals surface area contributed by atoms with Crippen LogP contribution in [0.1, 0.15) is 63.9 Å². The van der Waals surface area contributed by atoms with Crippen molar-refractivity contribution in [3.05, 3.63) is 30.0 Å². The standard InChI is InChI=1S/C23H32N2O2/c1-15(2)23(16(3)4)13-22(10-7-11-22)14-25(23)21(26)19-12-17-18(24-19)8-6-9-20(17)27-5/h6,8-9,12,15-16,24H,7,10-11,13-14H2,1-5H3. The van der Waals surface area contributed by atoms with E-state index >= 15 is 0 Å². The number of ether oxygens (including phenoxy) is 1. The second-order valence-corrected chi connectivity index (χ2v) is 9.33. The number of carbonyl (C=O) groups is 1. The summed E-state index contributed by atoms with van der Waals surface area (Å²) in [5.41, 5.74) is 1.90. The minimum Gasteiger partial charge on any atom is -0.496 e. The Morgan fingerprint density at radius 3 is 2.44 bits per heavy atom. The van der Waals surface area contributed by atoms with E-state index in [1.807, 2.05) is 24.3 Å². The van der Waals surface area contributed by atoms with Crippen LogP contribution in [0.25, 0.3) is 10.9 Å². The summed E-state index contributed by atoms with van der Waals surface area (Å²) in [4.78, 5) is 19.3. The Morgan fingerprint density at radius 2 is 1.89 bits per heavy atom. The van der Waals surface area contributed by atoms with Gasteiger partial charge >= 0.3 is 0 Å². The van der Waals surface area contributed by atoms with Gasteiger partial charge in [0.1, 0.15) is 11.4 Å². The third-order valence-corrected chi connectivity index (χ3v) is 7.39. The summed E-state index contributed by atoms with van der Waals surface area (Å²) in [6.45, 7) is 10.0. The normalized spacial score (nSPS) is 20.6. The zero-order chi connectivity index (χ0) is 19.4. The molecule has 0 atom stereocenters. The molecule has 1 aromatic heterocycles. The molecule has 1 spiro atoms. The van der Waals surface area contributed by atoms with Crippen LogP contribution >= 0.6 is 0 Å². The van der Waals surface area contributed by atoms with Gasteiger partial charge in [-0.05, 0) is 54.7 Å². The molecule has 4 rings (SSSR count). The van der Waals surface area contributed by atoms with E-state index in [1.54, 1.807) is 7.11 Å². The minimum atomic E-state index is -0.0706. The van der Waals surface area contributed by atoms with Crippen LogP contribution in [0.15, 0.2) is 24.3 Å². The monoisotopic (exact) mass is 368 g/mol. The van der Waals surface area contributed by atoms with Gasteiger partial charge in [0.25, 0.3) is 5.91 Å². The number of fused-ring (bicyclic) bond motifs is 1. The van der Waals surface area contributed by atoms with E-state index in [-0.39, 0.29) is 11.4 Å². The lowest BCUT2D eigenvalue weighted by molar-refractivity contribution is 0.0290. The lowest BCUT2D eigenvalue weighted by Gasteiger charge is -2.46. The van der Waals surface area contributed by atoms with Gasteiger partial charge in [0.2, 0.25) is 0 Å². The van der Waals surface area contributed by atoms with Crippen LogP contribution in [0.5, 0.6) is 5.75 Å². The van der Waals surface area contributed by atoms with E-state index in [0.29, 0.717) is 22.9 Å². The molecule has 1 saturated carbocycles. The highest BCUT2D eigenvalue weighted by molar-refractivity contribution is 6.00. The molecular weight excluding hydrogens is 336 g/mol. The van der Waals surface area contributed by atoms with Gasteiger partial charge in [-0.1, -0.05) is 40.2 Å². The van der Waals surface area contributed by atoms with Gasteiger partial charge in [0.15, 0.2) is 0 Å². The predicted molar refractivity (Wildman–Crippen MR) is 109 cm³/mol. The van der Waals surface area contributed by atoms with Crippen molar-refractivity contribution in [2.24, 2.45) is 17.3 Å². The molecule has 4 heteroatoms.